The summed E-state index contributed by atoms with van der Waals surface area (Å²) >= 11 is 13.9. The Labute approximate surface area is 191 Å². The standard InChI is InChI=1S/C20H18Cl2FN3O4S/c21-14-5-18(29-7-11(24)6-27)16(23)4-13(14)20-26-25-19(31-20)10-1-2-17(15(22)3-10)30-12-8-28-9-12/h1-5,11-12,27H,6-9,24H2. The van der Waals surface area contributed by atoms with Crippen LogP contribution in [0.25, 0.3) is 21.1 Å². The minimum atomic E-state index is -0.620. The van der Waals surface area contributed by atoms with Gasteiger partial charge in [0.1, 0.15) is 28.5 Å². The number of hydrogen-bond acceptors (Lipinski definition) is 8. The van der Waals surface area contributed by atoms with Crippen molar-refractivity contribution >= 4 is 34.5 Å². The van der Waals surface area contributed by atoms with Crippen molar-refractivity contribution < 1.29 is 23.7 Å². The number of benzene rings is 2. The Hall–Kier alpha value is -2.01. The van der Waals surface area contributed by atoms with Crippen LogP contribution in [0.2, 0.25) is 10.0 Å². The van der Waals surface area contributed by atoms with Gasteiger partial charge in [-0.3, -0.25) is 0 Å². The fraction of sp³-hybridized carbons (Fsp3) is 0.300. The maximum Gasteiger partial charge on any atom is 0.165 e. The van der Waals surface area contributed by atoms with Gasteiger partial charge in [0.25, 0.3) is 0 Å². The van der Waals surface area contributed by atoms with E-state index in [-0.39, 0.29) is 30.1 Å². The molecule has 1 unspecified atom stereocenters. The van der Waals surface area contributed by atoms with Crippen LogP contribution in [0.15, 0.2) is 30.3 Å². The lowest BCUT2D eigenvalue weighted by Gasteiger charge is -2.27. The van der Waals surface area contributed by atoms with Crippen LogP contribution in [-0.2, 0) is 4.74 Å². The number of aliphatic hydroxyl groups is 1. The molecular weight excluding hydrogens is 468 g/mol. The maximum atomic E-state index is 14.5. The van der Waals surface area contributed by atoms with E-state index in [0.29, 0.717) is 39.6 Å². The van der Waals surface area contributed by atoms with E-state index < -0.39 is 11.9 Å². The lowest BCUT2D eigenvalue weighted by Crippen LogP contribution is -2.38. The maximum absolute atomic E-state index is 14.5. The van der Waals surface area contributed by atoms with E-state index in [2.05, 4.69) is 10.2 Å². The van der Waals surface area contributed by atoms with Crippen LogP contribution in [0, 0.1) is 5.82 Å². The van der Waals surface area contributed by atoms with E-state index in [1.165, 1.54) is 23.5 Å². The third-order valence-corrected chi connectivity index (χ3v) is 6.06. The lowest BCUT2D eigenvalue weighted by molar-refractivity contribution is -0.0796. The van der Waals surface area contributed by atoms with Crippen LogP contribution in [-0.4, -0.2) is 53.9 Å². The van der Waals surface area contributed by atoms with E-state index >= 15 is 0 Å². The first-order valence-electron chi connectivity index (χ1n) is 9.31. The smallest absolute Gasteiger partial charge is 0.165 e. The number of nitrogens with zero attached hydrogens (tertiary/aromatic N) is 2. The minimum Gasteiger partial charge on any atom is -0.489 e. The molecular formula is C20H18Cl2FN3O4S. The van der Waals surface area contributed by atoms with E-state index in [4.69, 9.17) is 48.3 Å². The summed E-state index contributed by atoms with van der Waals surface area (Å²) in [4.78, 5) is 0. The Kier molecular flexibility index (Phi) is 6.90. The van der Waals surface area contributed by atoms with Gasteiger partial charge in [-0.1, -0.05) is 34.5 Å². The summed E-state index contributed by atoms with van der Waals surface area (Å²) < 4.78 is 30.6. The number of nitrogens with two attached hydrogens (primary N) is 1. The molecule has 11 heteroatoms. The fourth-order valence-corrected chi connectivity index (χ4v) is 4.09. The largest absolute Gasteiger partial charge is 0.489 e. The molecule has 1 aliphatic heterocycles. The molecule has 2 heterocycles. The number of ether oxygens (including phenoxy) is 3. The Morgan fingerprint density at radius 3 is 2.61 bits per heavy atom. The number of aromatic nitrogens is 2. The molecule has 0 amide bonds. The van der Waals surface area contributed by atoms with Gasteiger partial charge >= 0.3 is 0 Å². The molecule has 4 rings (SSSR count). The third-order valence-electron chi connectivity index (χ3n) is 4.44. The molecule has 1 aromatic heterocycles. The Bertz CT molecular complexity index is 1080. The van der Waals surface area contributed by atoms with Gasteiger partial charge in [-0.25, -0.2) is 4.39 Å². The number of rotatable bonds is 8. The van der Waals surface area contributed by atoms with Gasteiger partial charge < -0.3 is 25.1 Å². The zero-order valence-electron chi connectivity index (χ0n) is 16.1. The van der Waals surface area contributed by atoms with E-state index in [1.807, 2.05) is 6.07 Å². The van der Waals surface area contributed by atoms with Crippen molar-refractivity contribution in [3.8, 4) is 32.6 Å². The second-order valence-electron chi connectivity index (χ2n) is 6.85. The van der Waals surface area contributed by atoms with Crippen molar-refractivity contribution in [1.82, 2.24) is 10.2 Å². The van der Waals surface area contributed by atoms with Crippen LogP contribution >= 0.6 is 34.5 Å². The highest BCUT2D eigenvalue weighted by molar-refractivity contribution is 7.18. The summed E-state index contributed by atoms with van der Waals surface area (Å²) in [7, 11) is 0. The van der Waals surface area contributed by atoms with E-state index in [9.17, 15) is 4.39 Å². The zero-order chi connectivity index (χ0) is 22.0. The van der Waals surface area contributed by atoms with Crippen molar-refractivity contribution in [2.24, 2.45) is 5.73 Å². The predicted molar refractivity (Wildman–Crippen MR) is 117 cm³/mol. The molecule has 164 valence electrons. The zero-order valence-corrected chi connectivity index (χ0v) is 18.4. The first-order valence-corrected chi connectivity index (χ1v) is 10.9. The lowest BCUT2D eigenvalue weighted by atomic mass is 10.2. The molecule has 2 aromatic carbocycles. The molecule has 0 spiro atoms. The summed E-state index contributed by atoms with van der Waals surface area (Å²) in [6.07, 6.45) is 0.0137. The van der Waals surface area contributed by atoms with Gasteiger partial charge in [0.15, 0.2) is 11.6 Å². The summed E-state index contributed by atoms with van der Waals surface area (Å²) in [5.41, 5.74) is 6.71. The molecule has 0 aliphatic carbocycles. The average molecular weight is 486 g/mol. The Morgan fingerprint density at radius 1 is 1.16 bits per heavy atom. The van der Waals surface area contributed by atoms with E-state index in [0.717, 1.165) is 5.56 Å². The summed E-state index contributed by atoms with van der Waals surface area (Å²) in [5, 5.41) is 19.0. The normalized spacial score (nSPS) is 14.9. The Morgan fingerprint density at radius 2 is 1.94 bits per heavy atom. The topological polar surface area (TPSA) is 99.7 Å². The van der Waals surface area contributed by atoms with Crippen molar-refractivity contribution in [2.45, 2.75) is 12.1 Å². The molecule has 1 atom stereocenters. The molecule has 3 aromatic rings. The summed E-state index contributed by atoms with van der Waals surface area (Å²) in [5.74, 6) is -0.0995. The number of aliphatic hydroxyl groups excluding tert-OH is 1. The molecule has 31 heavy (non-hydrogen) atoms. The molecule has 7 nitrogen and oxygen atoms in total. The molecule has 0 radical (unpaired) electrons. The number of hydrogen-bond donors (Lipinski definition) is 2. The second kappa shape index (κ2) is 9.64. The first kappa shape index (κ1) is 22.2. The molecule has 1 aliphatic rings. The average Bonchev–Trinajstić information content (AvgIpc) is 3.21. The SMILES string of the molecule is NC(CO)COc1cc(Cl)c(-c2nnc(-c3ccc(OC4COC4)c(Cl)c3)s2)cc1F. The highest BCUT2D eigenvalue weighted by Crippen LogP contribution is 2.38. The van der Waals surface area contributed by atoms with Crippen LogP contribution in [0.3, 0.4) is 0 Å². The van der Waals surface area contributed by atoms with Gasteiger partial charge in [-0.05, 0) is 24.3 Å². The van der Waals surface area contributed by atoms with Gasteiger partial charge in [0, 0.05) is 17.2 Å². The number of halogens is 3. The third kappa shape index (κ3) is 5.08. The van der Waals surface area contributed by atoms with Gasteiger partial charge in [-0.2, -0.15) is 0 Å². The predicted octanol–water partition coefficient (Wildman–Crippen LogP) is 3.79. The minimum absolute atomic E-state index is 0.0137. The Balaban J connectivity index is 1.53. The summed E-state index contributed by atoms with van der Waals surface area (Å²) in [6, 6.07) is 7.31. The van der Waals surface area contributed by atoms with Crippen molar-refractivity contribution in [1.29, 1.82) is 0 Å². The van der Waals surface area contributed by atoms with Crippen molar-refractivity contribution in [3.05, 3.63) is 46.2 Å². The summed E-state index contributed by atoms with van der Waals surface area (Å²) in [6.45, 7) is 0.786. The second-order valence-corrected chi connectivity index (χ2v) is 8.64. The molecule has 0 saturated carbocycles. The fourth-order valence-electron chi connectivity index (χ4n) is 2.69. The van der Waals surface area contributed by atoms with Gasteiger partial charge in [0.2, 0.25) is 0 Å². The highest BCUT2D eigenvalue weighted by Gasteiger charge is 2.22. The molecule has 0 bridgehead atoms. The van der Waals surface area contributed by atoms with Crippen LogP contribution in [0.1, 0.15) is 0 Å². The molecule has 3 N–H and O–H groups in total. The van der Waals surface area contributed by atoms with Gasteiger partial charge in [0.05, 0.1) is 35.9 Å². The van der Waals surface area contributed by atoms with Crippen LogP contribution in [0.5, 0.6) is 11.5 Å². The monoisotopic (exact) mass is 485 g/mol. The highest BCUT2D eigenvalue weighted by atomic mass is 35.5. The van der Waals surface area contributed by atoms with Gasteiger partial charge in [-0.15, -0.1) is 10.2 Å². The quantitative estimate of drug-likeness (QED) is 0.500. The first-order chi connectivity index (χ1) is 14.9. The van der Waals surface area contributed by atoms with Crippen LogP contribution < -0.4 is 15.2 Å². The van der Waals surface area contributed by atoms with E-state index in [1.54, 1.807) is 12.1 Å². The van der Waals surface area contributed by atoms with Crippen molar-refractivity contribution in [2.75, 3.05) is 26.4 Å². The van der Waals surface area contributed by atoms with Crippen molar-refractivity contribution in [3.63, 3.8) is 0 Å². The molecule has 1 saturated heterocycles. The van der Waals surface area contributed by atoms with Crippen LogP contribution in [0.4, 0.5) is 4.39 Å². The molecule has 1 fully saturated rings.